The summed E-state index contributed by atoms with van der Waals surface area (Å²) in [6.07, 6.45) is 0.104. The molecule has 1 unspecified atom stereocenters. The number of aryl methyl sites for hydroxylation is 1. The second-order valence-electron chi connectivity index (χ2n) is 4.90. The fraction of sp³-hybridized carbons (Fsp3) is 0.286. The Morgan fingerprint density at radius 3 is 2.43 bits per heavy atom. The molecular weight excluding hydrogens is 351 g/mol. The molecule has 0 saturated carbocycles. The maximum atomic E-state index is 13.8. The van der Waals surface area contributed by atoms with E-state index in [1.54, 1.807) is 13.8 Å². The molecule has 23 heavy (non-hydrogen) atoms. The Bertz CT molecular complexity index is 698. The Labute approximate surface area is 141 Å². The van der Waals surface area contributed by atoms with Crippen molar-refractivity contribution >= 4 is 34.8 Å². The van der Waals surface area contributed by atoms with Crippen molar-refractivity contribution in [1.29, 1.82) is 0 Å². The van der Waals surface area contributed by atoms with Crippen LogP contribution in [0, 0.1) is 24.4 Å². The van der Waals surface area contributed by atoms with E-state index in [0.29, 0.717) is 17.0 Å². The summed E-state index contributed by atoms with van der Waals surface area (Å²) in [4.78, 5) is 16.2. The van der Waals surface area contributed by atoms with E-state index >= 15 is 0 Å². The number of benzene rings is 1. The lowest BCUT2D eigenvalue weighted by Crippen LogP contribution is -2.23. The van der Waals surface area contributed by atoms with Crippen LogP contribution in [0.25, 0.3) is 11.3 Å². The molecule has 0 aliphatic carbocycles. The van der Waals surface area contributed by atoms with Crippen LogP contribution in [0.3, 0.4) is 0 Å². The molecular formula is C14H15ClF3N3OS. The van der Waals surface area contributed by atoms with E-state index in [1.165, 1.54) is 0 Å². The van der Waals surface area contributed by atoms with E-state index in [4.69, 9.17) is 5.73 Å². The normalized spacial score (nSPS) is 11.7. The van der Waals surface area contributed by atoms with Gasteiger partial charge in [0.05, 0.1) is 11.3 Å². The third kappa shape index (κ3) is 4.66. The van der Waals surface area contributed by atoms with Crippen LogP contribution < -0.4 is 11.1 Å². The summed E-state index contributed by atoms with van der Waals surface area (Å²) in [6.45, 7) is 3.29. The van der Waals surface area contributed by atoms with E-state index in [2.05, 4.69) is 10.3 Å². The van der Waals surface area contributed by atoms with Crippen molar-refractivity contribution in [2.75, 3.05) is 5.32 Å². The molecule has 0 bridgehead atoms. The fourth-order valence-corrected chi connectivity index (χ4v) is 2.75. The highest BCUT2D eigenvalue weighted by Crippen LogP contribution is 2.34. The minimum Gasteiger partial charge on any atom is -0.327 e. The zero-order chi connectivity index (χ0) is 16.4. The van der Waals surface area contributed by atoms with Gasteiger partial charge >= 0.3 is 0 Å². The highest BCUT2D eigenvalue weighted by atomic mass is 35.5. The minimum absolute atomic E-state index is 0. The summed E-state index contributed by atoms with van der Waals surface area (Å²) in [7, 11) is 0. The average molecular weight is 366 g/mol. The number of hydrogen-bond acceptors (Lipinski definition) is 4. The van der Waals surface area contributed by atoms with Crippen LogP contribution in [0.1, 0.15) is 18.2 Å². The average Bonchev–Trinajstić information content (AvgIpc) is 2.67. The molecule has 3 N–H and O–H groups in total. The number of thiazole rings is 1. The van der Waals surface area contributed by atoms with Gasteiger partial charge in [-0.3, -0.25) is 4.79 Å². The quantitative estimate of drug-likeness (QED) is 0.869. The summed E-state index contributed by atoms with van der Waals surface area (Å²) in [5.41, 5.74) is 5.14. The lowest BCUT2D eigenvalue weighted by atomic mass is 10.1. The molecule has 2 rings (SSSR count). The monoisotopic (exact) mass is 365 g/mol. The van der Waals surface area contributed by atoms with Crippen molar-refractivity contribution in [3.8, 4) is 11.3 Å². The van der Waals surface area contributed by atoms with Crippen LogP contribution in [0.15, 0.2) is 12.1 Å². The summed E-state index contributed by atoms with van der Waals surface area (Å²) in [5, 5.41) is 2.73. The SMILES string of the molecule is Cc1sc(NC(=O)CC(C)N)nc1-c1c(F)cc(F)cc1F.Cl. The van der Waals surface area contributed by atoms with Gasteiger partial charge in [0.25, 0.3) is 0 Å². The van der Waals surface area contributed by atoms with Crippen molar-refractivity contribution in [1.82, 2.24) is 4.98 Å². The molecule has 0 fully saturated rings. The molecule has 126 valence electrons. The van der Waals surface area contributed by atoms with Gasteiger partial charge < -0.3 is 11.1 Å². The van der Waals surface area contributed by atoms with Crippen molar-refractivity contribution in [2.24, 2.45) is 5.73 Å². The molecule has 1 atom stereocenters. The summed E-state index contributed by atoms with van der Waals surface area (Å²) >= 11 is 1.08. The molecule has 0 aliphatic rings. The van der Waals surface area contributed by atoms with Gasteiger partial charge in [0, 0.05) is 29.5 Å². The van der Waals surface area contributed by atoms with Crippen molar-refractivity contribution in [3.05, 3.63) is 34.5 Å². The smallest absolute Gasteiger partial charge is 0.227 e. The van der Waals surface area contributed by atoms with E-state index in [0.717, 1.165) is 11.3 Å². The number of nitrogens with two attached hydrogens (primary N) is 1. The number of nitrogens with zero attached hydrogens (tertiary/aromatic N) is 1. The van der Waals surface area contributed by atoms with E-state index < -0.39 is 23.0 Å². The molecule has 1 amide bonds. The number of carbonyl (C=O) groups excluding carboxylic acids is 1. The van der Waals surface area contributed by atoms with Gasteiger partial charge in [-0.15, -0.1) is 23.7 Å². The molecule has 2 aromatic rings. The molecule has 0 spiro atoms. The van der Waals surface area contributed by atoms with Crippen LogP contribution in [-0.4, -0.2) is 16.9 Å². The van der Waals surface area contributed by atoms with Gasteiger partial charge in [0.1, 0.15) is 17.5 Å². The van der Waals surface area contributed by atoms with Crippen LogP contribution in [0.4, 0.5) is 18.3 Å². The summed E-state index contributed by atoms with van der Waals surface area (Å²) < 4.78 is 40.6. The second-order valence-corrected chi connectivity index (χ2v) is 6.10. The topological polar surface area (TPSA) is 68.0 Å². The molecule has 0 radical (unpaired) electrons. The number of hydrogen-bond donors (Lipinski definition) is 2. The van der Waals surface area contributed by atoms with Gasteiger partial charge in [-0.05, 0) is 13.8 Å². The van der Waals surface area contributed by atoms with Gasteiger partial charge in [-0.25, -0.2) is 18.2 Å². The summed E-state index contributed by atoms with van der Waals surface area (Å²) in [5.74, 6) is -3.42. The lowest BCUT2D eigenvalue weighted by molar-refractivity contribution is -0.116. The predicted molar refractivity (Wildman–Crippen MR) is 86.3 cm³/mol. The first kappa shape index (κ1) is 19.4. The first-order chi connectivity index (χ1) is 10.3. The standard InChI is InChI=1S/C14H14F3N3OS.ClH/c1-6(18)3-11(21)19-14-20-13(7(2)22-14)12-9(16)4-8(15)5-10(12)17;/h4-6H,3,18H2,1-2H3,(H,19,20,21);1H. The van der Waals surface area contributed by atoms with Gasteiger partial charge in [-0.1, -0.05) is 0 Å². The molecule has 1 aromatic carbocycles. The molecule has 4 nitrogen and oxygen atoms in total. The molecule has 1 aromatic heterocycles. The molecule has 0 aliphatic heterocycles. The number of aromatic nitrogens is 1. The van der Waals surface area contributed by atoms with Crippen molar-refractivity contribution in [2.45, 2.75) is 26.3 Å². The minimum atomic E-state index is -1.04. The number of amides is 1. The van der Waals surface area contributed by atoms with Gasteiger partial charge in [-0.2, -0.15) is 0 Å². The van der Waals surface area contributed by atoms with E-state index in [9.17, 15) is 18.0 Å². The second kappa shape index (κ2) is 7.76. The zero-order valence-corrected chi connectivity index (χ0v) is 14.0. The number of nitrogens with one attached hydrogen (secondary N) is 1. The van der Waals surface area contributed by atoms with Crippen LogP contribution in [0.2, 0.25) is 0 Å². The highest BCUT2D eigenvalue weighted by molar-refractivity contribution is 7.16. The highest BCUT2D eigenvalue weighted by Gasteiger charge is 2.20. The molecule has 1 heterocycles. The Hall–Kier alpha value is -1.64. The number of anilines is 1. The van der Waals surface area contributed by atoms with Crippen molar-refractivity contribution in [3.63, 3.8) is 0 Å². The number of halogens is 4. The maximum absolute atomic E-state index is 13.8. The van der Waals surface area contributed by atoms with Crippen LogP contribution in [-0.2, 0) is 4.79 Å². The maximum Gasteiger partial charge on any atom is 0.227 e. The van der Waals surface area contributed by atoms with Crippen molar-refractivity contribution < 1.29 is 18.0 Å². The third-order valence-corrected chi connectivity index (χ3v) is 3.68. The van der Waals surface area contributed by atoms with Crippen LogP contribution in [0.5, 0.6) is 0 Å². The Morgan fingerprint density at radius 1 is 1.35 bits per heavy atom. The first-order valence-electron chi connectivity index (χ1n) is 6.45. The fourth-order valence-electron chi connectivity index (χ4n) is 1.91. The van der Waals surface area contributed by atoms with Crippen LogP contribution >= 0.6 is 23.7 Å². The molecule has 0 saturated heterocycles. The third-order valence-electron chi connectivity index (χ3n) is 2.79. The molecule has 9 heteroatoms. The Kier molecular flexibility index (Phi) is 6.55. The lowest BCUT2D eigenvalue weighted by Gasteiger charge is -2.04. The number of carbonyl (C=O) groups is 1. The van der Waals surface area contributed by atoms with Gasteiger partial charge in [0.2, 0.25) is 5.91 Å². The Morgan fingerprint density at radius 2 is 1.91 bits per heavy atom. The van der Waals surface area contributed by atoms with E-state index in [-0.39, 0.29) is 41.6 Å². The number of rotatable bonds is 4. The van der Waals surface area contributed by atoms with E-state index in [1.807, 2.05) is 0 Å². The summed E-state index contributed by atoms with van der Waals surface area (Å²) in [6, 6.07) is 0.865. The Balaban J connectivity index is 0.00000264. The predicted octanol–water partition coefficient (Wildman–Crippen LogP) is 3.63. The zero-order valence-electron chi connectivity index (χ0n) is 12.3. The van der Waals surface area contributed by atoms with Gasteiger partial charge in [0.15, 0.2) is 5.13 Å². The largest absolute Gasteiger partial charge is 0.327 e. The first-order valence-corrected chi connectivity index (χ1v) is 7.27.